The number of hydrogen-bond donors (Lipinski definition) is 0. The van der Waals surface area contributed by atoms with Gasteiger partial charge in [0.05, 0.1) is 18.3 Å². The van der Waals surface area contributed by atoms with Crippen LogP contribution >= 0.6 is 0 Å². The Morgan fingerprint density at radius 3 is 1.10 bits per heavy atom. The molecule has 0 atom stereocenters. The molecule has 0 heterocycles. The first kappa shape index (κ1) is 72.8. The van der Waals surface area contributed by atoms with Gasteiger partial charge in [0.1, 0.15) is 40.6 Å². The Morgan fingerprint density at radius 1 is 0.293 bits per heavy atom. The maximum Gasteiger partial charge on any atom is 0.165 e. The van der Waals surface area contributed by atoms with E-state index in [1.807, 2.05) is 91.8 Å². The van der Waals surface area contributed by atoms with Gasteiger partial charge in [-0.15, -0.1) is 0 Å². The van der Waals surface area contributed by atoms with Crippen LogP contribution in [0.5, 0.6) is 17.2 Å². The summed E-state index contributed by atoms with van der Waals surface area (Å²) in [6, 6.07) is 59.9. The second kappa shape index (κ2) is 41.7. The van der Waals surface area contributed by atoms with E-state index in [0.29, 0.717) is 35.0 Å². The lowest BCUT2D eigenvalue weighted by Crippen LogP contribution is -2.06. The zero-order valence-electron chi connectivity index (χ0n) is 51.4. The molecular weight excluding hydrogens is 1040 g/mol. The molecule has 8 aromatic rings. The third-order valence-corrected chi connectivity index (χ3v) is 11.1. The van der Waals surface area contributed by atoms with Gasteiger partial charge in [-0.2, -0.15) is 0 Å². The second-order valence-electron chi connectivity index (χ2n) is 21.6. The first-order valence-electron chi connectivity index (χ1n) is 28.4. The summed E-state index contributed by atoms with van der Waals surface area (Å²) in [5.74, 6) is 3.01. The highest BCUT2D eigenvalue weighted by molar-refractivity contribution is 5.26. The van der Waals surface area contributed by atoms with Crippen molar-refractivity contribution in [2.24, 2.45) is 5.92 Å². The standard InChI is InChI=1S/C10H14.3C9H11FO.3C9H11F.C9H12/c1-9(2)8-10-6-4-3-5-7-10;1-7(2)11-9-5-3-8(10)4-6-9;1-7(2)11-9-5-3-4-8(10)6-9;1-7(2)11-9-6-4-3-5-8(9)10;1-7(2)8-3-5-9(10)6-4-8;1-7(2)8-4-3-5-9(10)6-8;1-7(2)8-5-3-4-6-9(8)10;1-8(2)9-6-4-3-5-7-9/h3-7,9H,8H2,1-2H3;3*3-7H,1-2H3;3*3-7H,1-2H3;3-8H,1-2H3. The molecule has 0 aliphatic heterocycles. The van der Waals surface area contributed by atoms with Crippen molar-refractivity contribution in [3.63, 3.8) is 0 Å². The first-order valence-corrected chi connectivity index (χ1v) is 28.4. The smallest absolute Gasteiger partial charge is 0.165 e. The lowest BCUT2D eigenvalue weighted by Gasteiger charge is -2.09. The minimum absolute atomic E-state index is 0.0203. The molecule has 0 N–H and O–H groups in total. The minimum Gasteiger partial charge on any atom is -0.491 e. The molecule has 0 spiro atoms. The Balaban J connectivity index is 0.000000469. The number of benzene rings is 8. The van der Waals surface area contributed by atoms with Gasteiger partial charge in [-0.25, -0.2) is 26.3 Å². The number of para-hydroxylation sites is 1. The van der Waals surface area contributed by atoms with Crippen molar-refractivity contribution in [1.82, 2.24) is 0 Å². The Morgan fingerprint density at radius 2 is 0.695 bits per heavy atom. The lowest BCUT2D eigenvalue weighted by molar-refractivity contribution is 0.231. The Bertz CT molecular complexity index is 2830. The van der Waals surface area contributed by atoms with Crippen molar-refractivity contribution in [1.29, 1.82) is 0 Å². The van der Waals surface area contributed by atoms with Crippen LogP contribution < -0.4 is 14.2 Å². The van der Waals surface area contributed by atoms with Crippen LogP contribution in [0, 0.1) is 40.8 Å². The molecule has 0 aromatic heterocycles. The molecule has 0 bridgehead atoms. The fourth-order valence-corrected chi connectivity index (χ4v) is 6.97. The third kappa shape index (κ3) is 35.5. The van der Waals surface area contributed by atoms with Gasteiger partial charge in [-0.05, 0) is 184 Å². The van der Waals surface area contributed by atoms with Crippen LogP contribution in [0.3, 0.4) is 0 Å². The average Bonchev–Trinajstić information content (AvgIpc) is 3.41. The highest BCUT2D eigenvalue weighted by Crippen LogP contribution is 2.20. The van der Waals surface area contributed by atoms with Crippen molar-refractivity contribution < 1.29 is 40.6 Å². The Hall–Kier alpha value is -7.26. The summed E-state index contributed by atoms with van der Waals surface area (Å²) >= 11 is 0. The van der Waals surface area contributed by atoms with Gasteiger partial charge in [0, 0.05) is 6.07 Å². The van der Waals surface area contributed by atoms with Crippen LogP contribution in [0.25, 0.3) is 0 Å². The molecule has 9 heteroatoms. The molecule has 0 saturated heterocycles. The predicted octanol–water partition coefficient (Wildman–Crippen LogP) is 22.4. The van der Waals surface area contributed by atoms with Crippen LogP contribution in [-0.4, -0.2) is 18.3 Å². The van der Waals surface area contributed by atoms with Crippen molar-refractivity contribution in [3.05, 3.63) is 269 Å². The van der Waals surface area contributed by atoms with Gasteiger partial charge in [0.15, 0.2) is 11.6 Å². The van der Waals surface area contributed by atoms with Crippen LogP contribution in [-0.2, 0) is 6.42 Å². The Labute approximate surface area is 489 Å². The topological polar surface area (TPSA) is 27.7 Å². The average molecular weight is 1130 g/mol. The maximum atomic E-state index is 12.8. The summed E-state index contributed by atoms with van der Waals surface area (Å²) in [6.07, 6.45) is 1.45. The highest BCUT2D eigenvalue weighted by atomic mass is 19.1. The normalized spacial score (nSPS) is 10.3. The number of hydrogen-bond acceptors (Lipinski definition) is 3. The van der Waals surface area contributed by atoms with E-state index in [1.165, 1.54) is 77.7 Å². The van der Waals surface area contributed by atoms with Crippen molar-refractivity contribution in [2.45, 2.75) is 159 Å². The summed E-state index contributed by atoms with van der Waals surface area (Å²) in [6.45, 7) is 32.6. The van der Waals surface area contributed by atoms with E-state index in [9.17, 15) is 26.3 Å². The fraction of sp³-hybridized carbons (Fsp3) is 0.342. The molecule has 444 valence electrons. The van der Waals surface area contributed by atoms with Crippen LogP contribution in [0.15, 0.2) is 206 Å². The molecule has 0 amide bonds. The van der Waals surface area contributed by atoms with E-state index in [2.05, 4.69) is 110 Å². The van der Waals surface area contributed by atoms with Crippen molar-refractivity contribution >= 4 is 0 Å². The van der Waals surface area contributed by atoms with Crippen LogP contribution in [0.2, 0.25) is 0 Å². The van der Waals surface area contributed by atoms with E-state index >= 15 is 0 Å². The van der Waals surface area contributed by atoms with E-state index in [4.69, 9.17) is 14.2 Å². The quantitative estimate of drug-likeness (QED) is 0.114. The Kier molecular flexibility index (Phi) is 37.0. The predicted molar refractivity (Wildman–Crippen MR) is 333 cm³/mol. The summed E-state index contributed by atoms with van der Waals surface area (Å²) < 4.78 is 91.2. The molecule has 8 rings (SSSR count). The third-order valence-electron chi connectivity index (χ3n) is 11.1. The molecular formula is C73H92F6O3. The van der Waals surface area contributed by atoms with E-state index in [1.54, 1.807) is 60.7 Å². The van der Waals surface area contributed by atoms with Gasteiger partial charge in [0.25, 0.3) is 0 Å². The van der Waals surface area contributed by atoms with E-state index in [0.717, 1.165) is 17.0 Å². The van der Waals surface area contributed by atoms with Crippen molar-refractivity contribution in [3.8, 4) is 17.2 Å². The molecule has 82 heavy (non-hydrogen) atoms. The summed E-state index contributed by atoms with van der Waals surface area (Å²) in [7, 11) is 0. The summed E-state index contributed by atoms with van der Waals surface area (Å²) in [4.78, 5) is 0. The second-order valence-corrected chi connectivity index (χ2v) is 21.6. The molecule has 3 nitrogen and oxygen atoms in total. The lowest BCUT2D eigenvalue weighted by atomic mass is 10.0. The first-order chi connectivity index (χ1) is 38.8. The van der Waals surface area contributed by atoms with Gasteiger partial charge in [-0.1, -0.05) is 191 Å². The SMILES string of the molecule is CC(C)Cc1ccccc1.CC(C)Oc1ccc(F)cc1.CC(C)Oc1cccc(F)c1.CC(C)Oc1ccccc1F.CC(C)c1ccc(F)cc1.CC(C)c1cccc(F)c1.CC(C)c1ccccc1.CC(C)c1ccccc1F. The maximum absolute atomic E-state index is 12.8. The van der Waals surface area contributed by atoms with Crippen molar-refractivity contribution in [2.75, 3.05) is 0 Å². The number of rotatable bonds is 12. The van der Waals surface area contributed by atoms with E-state index < -0.39 is 0 Å². The summed E-state index contributed by atoms with van der Waals surface area (Å²) in [5, 5.41) is 0. The van der Waals surface area contributed by atoms with Gasteiger partial charge >= 0.3 is 0 Å². The van der Waals surface area contributed by atoms with E-state index in [-0.39, 0.29) is 59.1 Å². The monoisotopic (exact) mass is 1130 g/mol. The zero-order valence-corrected chi connectivity index (χ0v) is 51.4. The molecule has 8 aromatic carbocycles. The molecule has 0 unspecified atom stereocenters. The molecule has 0 aliphatic carbocycles. The van der Waals surface area contributed by atoms with Crippen LogP contribution in [0.4, 0.5) is 26.3 Å². The largest absolute Gasteiger partial charge is 0.491 e. The van der Waals surface area contributed by atoms with Crippen LogP contribution in [0.1, 0.15) is 162 Å². The molecule has 0 saturated carbocycles. The molecule has 0 radical (unpaired) electrons. The van der Waals surface area contributed by atoms with Gasteiger partial charge in [0.2, 0.25) is 0 Å². The number of ether oxygens (including phenoxy) is 3. The molecule has 0 aliphatic rings. The van der Waals surface area contributed by atoms with Gasteiger partial charge in [-0.3, -0.25) is 0 Å². The summed E-state index contributed by atoms with van der Waals surface area (Å²) in [5.41, 5.74) is 5.89. The fourth-order valence-electron chi connectivity index (χ4n) is 6.97. The minimum atomic E-state index is -0.304. The van der Waals surface area contributed by atoms with Gasteiger partial charge < -0.3 is 14.2 Å². The number of halogens is 6. The highest BCUT2D eigenvalue weighted by Gasteiger charge is 2.05. The molecule has 0 fully saturated rings. The zero-order chi connectivity index (χ0) is 61.6.